The lowest BCUT2D eigenvalue weighted by molar-refractivity contribution is 0.592. The number of nitrogens with one attached hydrogen (secondary N) is 1. The first kappa shape index (κ1) is 12.6. The van der Waals surface area contributed by atoms with E-state index in [4.69, 9.17) is 0 Å². The minimum absolute atomic E-state index is 0.171. The molecule has 5 nitrogen and oxygen atoms in total. The fourth-order valence-corrected chi connectivity index (χ4v) is 3.09. The van der Waals surface area contributed by atoms with Gasteiger partial charge in [0.15, 0.2) is 0 Å². The lowest BCUT2D eigenvalue weighted by Gasteiger charge is -2.22. The van der Waals surface area contributed by atoms with E-state index >= 15 is 0 Å². The molecule has 0 unspecified atom stereocenters. The zero-order chi connectivity index (χ0) is 13.2. The highest BCUT2D eigenvalue weighted by molar-refractivity contribution is 7.92. The van der Waals surface area contributed by atoms with E-state index in [2.05, 4.69) is 10.2 Å². The summed E-state index contributed by atoms with van der Waals surface area (Å²) in [4.78, 5) is 0.171. The number of hydrogen-bond acceptors (Lipinski definition) is 3. The van der Waals surface area contributed by atoms with E-state index in [0.29, 0.717) is 12.2 Å². The molecular weight excluding hydrogens is 250 g/mol. The zero-order valence-electron chi connectivity index (χ0n) is 10.3. The summed E-state index contributed by atoms with van der Waals surface area (Å²) >= 11 is 0. The van der Waals surface area contributed by atoms with Crippen LogP contribution in [0.5, 0.6) is 0 Å². The van der Waals surface area contributed by atoms with Gasteiger partial charge >= 0.3 is 0 Å². The number of H-pyrrole nitrogens is 1. The molecule has 0 amide bonds. The molecule has 96 valence electrons. The van der Waals surface area contributed by atoms with E-state index in [1.54, 1.807) is 19.1 Å². The van der Waals surface area contributed by atoms with Gasteiger partial charge in [-0.1, -0.05) is 17.7 Å². The van der Waals surface area contributed by atoms with Gasteiger partial charge in [-0.25, -0.2) is 8.42 Å². The molecule has 1 aromatic heterocycles. The van der Waals surface area contributed by atoms with Crippen LogP contribution in [0.1, 0.15) is 12.5 Å². The standard InChI is InChI=1S/C12H15N3O2S/c1-3-15(11-6-4-10(2)5-7-11)18(16,17)12-8-13-14-9-12/h4-9H,3H2,1-2H3,(H,13,14). The number of anilines is 1. The summed E-state index contributed by atoms with van der Waals surface area (Å²) in [6, 6.07) is 7.39. The minimum Gasteiger partial charge on any atom is -0.284 e. The molecular formula is C12H15N3O2S. The first-order valence-corrected chi connectivity index (χ1v) is 7.08. The molecule has 1 aromatic carbocycles. The van der Waals surface area contributed by atoms with Crippen molar-refractivity contribution in [1.82, 2.24) is 10.2 Å². The van der Waals surface area contributed by atoms with Gasteiger partial charge in [-0.3, -0.25) is 9.40 Å². The topological polar surface area (TPSA) is 66.1 Å². The summed E-state index contributed by atoms with van der Waals surface area (Å²) in [5.74, 6) is 0. The minimum atomic E-state index is -3.53. The van der Waals surface area contributed by atoms with Crippen molar-refractivity contribution in [2.45, 2.75) is 18.7 Å². The summed E-state index contributed by atoms with van der Waals surface area (Å²) < 4.78 is 26.1. The summed E-state index contributed by atoms with van der Waals surface area (Å²) in [6.07, 6.45) is 2.69. The third kappa shape index (κ3) is 2.24. The van der Waals surface area contributed by atoms with E-state index in [-0.39, 0.29) is 4.90 Å². The van der Waals surface area contributed by atoms with Crippen molar-refractivity contribution in [3.05, 3.63) is 42.2 Å². The molecule has 0 saturated heterocycles. The second-order valence-electron chi connectivity index (χ2n) is 3.94. The molecule has 2 aromatic rings. The fraction of sp³-hybridized carbons (Fsp3) is 0.250. The number of aryl methyl sites for hydroxylation is 1. The molecule has 0 saturated carbocycles. The van der Waals surface area contributed by atoms with Crippen molar-refractivity contribution < 1.29 is 8.42 Å². The van der Waals surface area contributed by atoms with Crippen LogP contribution >= 0.6 is 0 Å². The summed E-state index contributed by atoms with van der Waals surface area (Å²) in [5.41, 5.74) is 1.75. The Kier molecular flexibility index (Phi) is 3.38. The van der Waals surface area contributed by atoms with Gasteiger partial charge in [0.05, 0.1) is 11.9 Å². The predicted molar refractivity (Wildman–Crippen MR) is 70.0 cm³/mol. The van der Waals surface area contributed by atoms with Gasteiger partial charge in [-0.15, -0.1) is 0 Å². The van der Waals surface area contributed by atoms with Crippen LogP contribution in [-0.2, 0) is 10.0 Å². The van der Waals surface area contributed by atoms with Crippen LogP contribution < -0.4 is 4.31 Å². The normalized spacial score (nSPS) is 11.4. The number of nitrogens with zero attached hydrogens (tertiary/aromatic N) is 2. The quantitative estimate of drug-likeness (QED) is 0.918. The lowest BCUT2D eigenvalue weighted by Crippen LogP contribution is -2.30. The lowest BCUT2D eigenvalue weighted by atomic mass is 10.2. The zero-order valence-corrected chi connectivity index (χ0v) is 11.1. The Hall–Kier alpha value is -1.82. The third-order valence-corrected chi connectivity index (χ3v) is 4.54. The van der Waals surface area contributed by atoms with E-state index in [1.165, 1.54) is 16.7 Å². The summed E-state index contributed by atoms with van der Waals surface area (Å²) in [6.45, 7) is 4.14. The third-order valence-electron chi connectivity index (χ3n) is 2.67. The Labute approximate surface area is 107 Å². The van der Waals surface area contributed by atoms with Gasteiger partial charge in [0, 0.05) is 12.7 Å². The van der Waals surface area contributed by atoms with Crippen molar-refractivity contribution in [1.29, 1.82) is 0 Å². The highest BCUT2D eigenvalue weighted by Crippen LogP contribution is 2.22. The van der Waals surface area contributed by atoms with Gasteiger partial charge in [0.2, 0.25) is 0 Å². The highest BCUT2D eigenvalue weighted by Gasteiger charge is 2.24. The molecule has 6 heteroatoms. The van der Waals surface area contributed by atoms with Crippen LogP contribution in [0.25, 0.3) is 0 Å². The fourth-order valence-electron chi connectivity index (χ4n) is 1.71. The molecule has 0 fully saturated rings. The maximum Gasteiger partial charge on any atom is 0.267 e. The van der Waals surface area contributed by atoms with Crippen LogP contribution in [0, 0.1) is 6.92 Å². The van der Waals surface area contributed by atoms with E-state index in [0.717, 1.165) is 5.56 Å². The van der Waals surface area contributed by atoms with Crippen molar-refractivity contribution in [2.75, 3.05) is 10.8 Å². The molecule has 0 aliphatic rings. The molecule has 0 atom stereocenters. The average Bonchev–Trinajstić information content (AvgIpc) is 2.86. The second kappa shape index (κ2) is 4.81. The van der Waals surface area contributed by atoms with Crippen LogP contribution in [0.15, 0.2) is 41.6 Å². The Balaban J connectivity index is 2.43. The molecule has 0 spiro atoms. The van der Waals surface area contributed by atoms with E-state index in [9.17, 15) is 8.42 Å². The van der Waals surface area contributed by atoms with Crippen molar-refractivity contribution in [2.24, 2.45) is 0 Å². The summed E-state index contributed by atoms with van der Waals surface area (Å²) in [5, 5.41) is 6.20. The first-order valence-electron chi connectivity index (χ1n) is 5.64. The van der Waals surface area contributed by atoms with Gasteiger partial charge in [-0.05, 0) is 26.0 Å². The molecule has 18 heavy (non-hydrogen) atoms. The Bertz CT molecular complexity index is 603. The highest BCUT2D eigenvalue weighted by atomic mass is 32.2. The van der Waals surface area contributed by atoms with Crippen LogP contribution in [0.2, 0.25) is 0 Å². The Morgan fingerprint density at radius 1 is 1.28 bits per heavy atom. The van der Waals surface area contributed by atoms with Gasteiger partial charge in [0.25, 0.3) is 10.0 Å². The monoisotopic (exact) mass is 265 g/mol. The van der Waals surface area contributed by atoms with Gasteiger partial charge in [0.1, 0.15) is 4.90 Å². The molecule has 1 heterocycles. The largest absolute Gasteiger partial charge is 0.284 e. The molecule has 0 aliphatic carbocycles. The smallest absolute Gasteiger partial charge is 0.267 e. The predicted octanol–water partition coefficient (Wildman–Crippen LogP) is 1.93. The number of benzene rings is 1. The maximum absolute atomic E-state index is 12.4. The second-order valence-corrected chi connectivity index (χ2v) is 5.80. The van der Waals surface area contributed by atoms with Gasteiger partial charge in [-0.2, -0.15) is 5.10 Å². The Morgan fingerprint density at radius 3 is 2.44 bits per heavy atom. The molecule has 0 radical (unpaired) electrons. The summed E-state index contributed by atoms with van der Waals surface area (Å²) in [7, 11) is -3.53. The number of aromatic amines is 1. The number of sulfonamides is 1. The molecule has 2 rings (SSSR count). The number of rotatable bonds is 4. The average molecular weight is 265 g/mol. The number of hydrogen-bond donors (Lipinski definition) is 1. The van der Waals surface area contributed by atoms with Crippen molar-refractivity contribution in [3.8, 4) is 0 Å². The Morgan fingerprint density at radius 2 is 1.94 bits per heavy atom. The van der Waals surface area contributed by atoms with Crippen LogP contribution in [0.3, 0.4) is 0 Å². The maximum atomic E-state index is 12.4. The van der Waals surface area contributed by atoms with E-state index < -0.39 is 10.0 Å². The van der Waals surface area contributed by atoms with Crippen LogP contribution in [-0.4, -0.2) is 25.2 Å². The van der Waals surface area contributed by atoms with E-state index in [1.807, 2.05) is 19.1 Å². The van der Waals surface area contributed by atoms with Gasteiger partial charge < -0.3 is 0 Å². The SMILES string of the molecule is CCN(c1ccc(C)cc1)S(=O)(=O)c1cn[nH]c1. The van der Waals surface area contributed by atoms with Crippen molar-refractivity contribution in [3.63, 3.8) is 0 Å². The molecule has 0 aliphatic heterocycles. The first-order chi connectivity index (χ1) is 8.55. The van der Waals surface area contributed by atoms with Crippen molar-refractivity contribution >= 4 is 15.7 Å². The molecule has 1 N–H and O–H groups in total. The molecule has 0 bridgehead atoms. The number of aromatic nitrogens is 2. The van der Waals surface area contributed by atoms with Crippen LogP contribution in [0.4, 0.5) is 5.69 Å².